The third-order valence-corrected chi connectivity index (χ3v) is 9.48. The molecule has 60 heavy (non-hydrogen) atoms. The van der Waals surface area contributed by atoms with E-state index < -0.39 is 40.7 Å². The monoisotopic (exact) mass is 878 g/mol. The zero-order chi connectivity index (χ0) is 45.4. The lowest BCUT2D eigenvalue weighted by Crippen LogP contribution is -2.43. The molecule has 0 radical (unpaired) electrons. The van der Waals surface area contributed by atoms with Crippen molar-refractivity contribution in [3.8, 4) is 0 Å². The Morgan fingerprint density at radius 1 is 0.600 bits per heavy atom. The van der Waals surface area contributed by atoms with Gasteiger partial charge in [0.05, 0.1) is 11.8 Å². The first-order valence-electron chi connectivity index (χ1n) is 20.3. The molecule has 2 aliphatic rings. The first-order chi connectivity index (χ1) is 27.5. The van der Waals surface area contributed by atoms with Crippen molar-refractivity contribution in [2.45, 2.75) is 137 Å². The van der Waals surface area contributed by atoms with Gasteiger partial charge in [-0.2, -0.15) is 0 Å². The number of halogens is 2. The van der Waals surface area contributed by atoms with Crippen LogP contribution >= 0.6 is 23.2 Å². The van der Waals surface area contributed by atoms with Crippen LogP contribution in [0.25, 0.3) is 0 Å². The first kappa shape index (κ1) is 50.1. The normalized spacial score (nSPS) is 16.1. The number of piperidine rings is 2. The van der Waals surface area contributed by atoms with Crippen LogP contribution in [0.3, 0.4) is 0 Å². The minimum absolute atomic E-state index is 0.0821. The molecule has 16 heteroatoms. The Morgan fingerprint density at radius 2 is 0.983 bits per heavy atom. The molecule has 334 valence electrons. The van der Waals surface area contributed by atoms with E-state index >= 15 is 0 Å². The fraction of sp³-hybridized carbons (Fsp3) is 0.614. The maximum absolute atomic E-state index is 13.2. The van der Waals surface area contributed by atoms with Crippen LogP contribution in [0, 0.1) is 11.8 Å². The summed E-state index contributed by atoms with van der Waals surface area (Å²) in [7, 11) is 0. The van der Waals surface area contributed by atoms with Crippen molar-refractivity contribution in [2.24, 2.45) is 11.8 Å². The van der Waals surface area contributed by atoms with Crippen molar-refractivity contribution in [1.29, 1.82) is 0 Å². The number of hydrogen-bond acceptors (Lipinski definition) is 10. The van der Waals surface area contributed by atoms with Crippen molar-refractivity contribution in [2.75, 3.05) is 36.8 Å². The lowest BCUT2D eigenvalue weighted by atomic mass is 9.87. The molecule has 2 aromatic rings. The number of nitrogens with one attached hydrogen (secondary N) is 2. The van der Waals surface area contributed by atoms with Crippen molar-refractivity contribution in [3.63, 3.8) is 0 Å². The highest BCUT2D eigenvalue weighted by atomic mass is 35.5. The highest BCUT2D eigenvalue weighted by Crippen LogP contribution is 2.37. The Kier molecular flexibility index (Phi) is 17.1. The smallest absolute Gasteiger partial charge is 0.412 e. The predicted molar refractivity (Wildman–Crippen MR) is 233 cm³/mol. The molecule has 3 N–H and O–H groups in total. The Morgan fingerprint density at radius 3 is 1.42 bits per heavy atom. The van der Waals surface area contributed by atoms with Gasteiger partial charge in [0, 0.05) is 59.0 Å². The van der Waals surface area contributed by atoms with Crippen molar-refractivity contribution in [3.05, 3.63) is 57.6 Å². The highest BCUT2D eigenvalue weighted by molar-refractivity contribution is 6.31. The van der Waals surface area contributed by atoms with Gasteiger partial charge in [-0.25, -0.2) is 19.2 Å². The number of hydrogen-bond donors (Lipinski definition) is 3. The van der Waals surface area contributed by atoms with Gasteiger partial charge in [-0.3, -0.25) is 15.4 Å². The minimum Gasteiger partial charge on any atom is -0.444 e. The third-order valence-electron chi connectivity index (χ3n) is 9.01. The summed E-state index contributed by atoms with van der Waals surface area (Å²) >= 11 is 12.2. The van der Waals surface area contributed by atoms with Crippen LogP contribution in [0.1, 0.15) is 131 Å². The molecule has 0 saturated carbocycles. The SMILES string of the molecule is CC(C)(C)OC(=O)Nc1ccc(Cl)cc1C(=O)C1CCN(C(=O)OC(C)(C)C)CC1.CC(C)(C)OC(=O)Nc1ccc(Cl)cc1C(O)C1CCN(C(=O)OC(C)(C)C)CC1. The van der Waals surface area contributed by atoms with E-state index in [1.165, 1.54) is 0 Å². The number of anilines is 2. The van der Waals surface area contributed by atoms with Gasteiger partial charge in [-0.05, 0) is 151 Å². The maximum Gasteiger partial charge on any atom is 0.412 e. The lowest BCUT2D eigenvalue weighted by Gasteiger charge is -2.35. The second kappa shape index (κ2) is 20.5. The first-order valence-corrected chi connectivity index (χ1v) is 21.0. The van der Waals surface area contributed by atoms with Crippen molar-refractivity contribution >= 4 is 64.7 Å². The van der Waals surface area contributed by atoms with E-state index in [2.05, 4.69) is 10.6 Å². The number of rotatable bonds is 6. The number of ether oxygens (including phenoxy) is 4. The molecule has 2 heterocycles. The van der Waals surface area contributed by atoms with Crippen LogP contribution in [0.15, 0.2) is 36.4 Å². The van der Waals surface area contributed by atoms with E-state index in [1.54, 1.807) is 87.7 Å². The van der Waals surface area contributed by atoms with E-state index in [0.717, 1.165) is 0 Å². The summed E-state index contributed by atoms with van der Waals surface area (Å²) < 4.78 is 21.4. The molecule has 2 aromatic carbocycles. The van der Waals surface area contributed by atoms with Crippen LogP contribution in [0.2, 0.25) is 10.0 Å². The van der Waals surface area contributed by atoms with Crippen LogP contribution in [0.4, 0.5) is 30.6 Å². The molecule has 2 saturated heterocycles. The molecule has 2 fully saturated rings. The van der Waals surface area contributed by atoms with Gasteiger partial charge in [0.25, 0.3) is 0 Å². The van der Waals surface area contributed by atoms with Gasteiger partial charge in [0.2, 0.25) is 0 Å². The van der Waals surface area contributed by atoms with Gasteiger partial charge in [-0.15, -0.1) is 0 Å². The molecule has 0 spiro atoms. The second-order valence-electron chi connectivity index (χ2n) is 19.0. The summed E-state index contributed by atoms with van der Waals surface area (Å²) in [4.78, 5) is 65.3. The molecule has 14 nitrogen and oxygen atoms in total. The van der Waals surface area contributed by atoms with E-state index in [-0.39, 0.29) is 29.8 Å². The maximum atomic E-state index is 13.2. The standard InChI is InChI=1S/C22H33ClN2O5.C22H31ClN2O5/c2*1-21(2,3)29-19(27)24-17-8-7-15(23)13-16(17)18(26)14-9-11-25(12-10-14)20(28)30-22(4,5)6/h7-8,13-14,18,26H,9-12H2,1-6H3,(H,24,27);7-8,13-14H,9-12H2,1-6H3,(H,24,27). The van der Waals surface area contributed by atoms with Gasteiger partial charge < -0.3 is 33.9 Å². The van der Waals surface area contributed by atoms with Crippen LogP contribution in [-0.2, 0) is 18.9 Å². The summed E-state index contributed by atoms with van der Waals surface area (Å²) in [6, 6.07) is 9.71. The van der Waals surface area contributed by atoms with Crippen LogP contribution in [-0.4, -0.2) is 93.6 Å². The molecule has 1 atom stereocenters. The van der Waals surface area contributed by atoms with E-state index in [1.807, 2.05) is 41.5 Å². The van der Waals surface area contributed by atoms with Gasteiger partial charge in [-0.1, -0.05) is 23.2 Å². The molecule has 0 aliphatic carbocycles. The number of ketones is 1. The number of carbonyl (C=O) groups excluding carboxylic acids is 5. The summed E-state index contributed by atoms with van der Waals surface area (Å²) in [5.41, 5.74) is -0.723. The average molecular weight is 880 g/mol. The summed E-state index contributed by atoms with van der Waals surface area (Å²) in [6.07, 6.45) is -0.551. The second-order valence-corrected chi connectivity index (χ2v) is 19.9. The third kappa shape index (κ3) is 17.0. The fourth-order valence-corrected chi connectivity index (χ4v) is 6.75. The Bertz CT molecular complexity index is 1830. The average Bonchev–Trinajstić information content (AvgIpc) is 3.10. The van der Waals surface area contributed by atoms with E-state index in [9.17, 15) is 29.1 Å². The zero-order valence-electron chi connectivity index (χ0n) is 37.1. The van der Waals surface area contributed by atoms with E-state index in [4.69, 9.17) is 42.1 Å². The summed E-state index contributed by atoms with van der Waals surface area (Å²) in [5, 5.41) is 17.2. The van der Waals surface area contributed by atoms with Gasteiger partial charge in [0.15, 0.2) is 5.78 Å². The van der Waals surface area contributed by atoms with Crippen LogP contribution < -0.4 is 10.6 Å². The number of carbonyl (C=O) groups is 5. The number of nitrogens with zero attached hydrogens (tertiary/aromatic N) is 2. The Hall–Kier alpha value is -4.27. The van der Waals surface area contributed by atoms with Crippen molar-refractivity contribution < 1.29 is 48.0 Å². The van der Waals surface area contributed by atoms with Crippen molar-refractivity contribution in [1.82, 2.24) is 9.80 Å². The molecule has 0 aromatic heterocycles. The van der Waals surface area contributed by atoms with Crippen LogP contribution in [0.5, 0.6) is 0 Å². The number of benzene rings is 2. The number of amides is 4. The molecule has 4 amide bonds. The largest absolute Gasteiger partial charge is 0.444 e. The van der Waals surface area contributed by atoms with E-state index in [0.29, 0.717) is 84.4 Å². The lowest BCUT2D eigenvalue weighted by molar-refractivity contribution is 0.00763. The quantitative estimate of drug-likeness (QED) is 0.187. The molecule has 1 unspecified atom stereocenters. The highest BCUT2D eigenvalue weighted by Gasteiger charge is 2.34. The molecular formula is C44H64Cl2N4O10. The van der Waals surface area contributed by atoms with Gasteiger partial charge in [0.1, 0.15) is 22.4 Å². The minimum atomic E-state index is -0.838. The molecule has 0 bridgehead atoms. The Balaban J connectivity index is 0.000000320. The summed E-state index contributed by atoms with van der Waals surface area (Å²) in [6.45, 7) is 23.4. The number of aliphatic hydroxyl groups is 1. The topological polar surface area (TPSA) is 173 Å². The molecule has 2 aliphatic heterocycles. The number of aliphatic hydroxyl groups excluding tert-OH is 1. The fourth-order valence-electron chi connectivity index (χ4n) is 6.40. The Labute approximate surface area is 364 Å². The van der Waals surface area contributed by atoms with Gasteiger partial charge >= 0.3 is 24.4 Å². The zero-order valence-corrected chi connectivity index (χ0v) is 38.6. The molecule has 4 rings (SSSR count). The summed E-state index contributed by atoms with van der Waals surface area (Å²) in [5.74, 6) is -0.477. The number of likely N-dealkylation sites (tertiary alicyclic amines) is 2. The number of Topliss-reactive ketones (excluding diaryl/α,β-unsaturated/α-hetero) is 1. The molecular weight excluding hydrogens is 815 g/mol. The predicted octanol–water partition coefficient (Wildman–Crippen LogP) is 10.9.